The molecule has 3 rings (SSSR count). The van der Waals surface area contributed by atoms with E-state index in [-0.39, 0.29) is 17.4 Å². The minimum absolute atomic E-state index is 0.0139. The molecule has 6 nitrogen and oxygen atoms in total. The fourth-order valence-corrected chi connectivity index (χ4v) is 4.25. The summed E-state index contributed by atoms with van der Waals surface area (Å²) < 4.78 is 29.4. The molecule has 0 spiro atoms. The highest BCUT2D eigenvalue weighted by molar-refractivity contribution is 7.89. The van der Waals surface area contributed by atoms with Gasteiger partial charge in [-0.3, -0.25) is 4.79 Å². The lowest BCUT2D eigenvalue weighted by atomic mass is 10.1. The zero-order valence-corrected chi connectivity index (χ0v) is 14.4. The summed E-state index contributed by atoms with van der Waals surface area (Å²) in [7, 11) is -3.34. The van der Waals surface area contributed by atoms with Gasteiger partial charge in [-0.05, 0) is 37.5 Å². The molecule has 1 aromatic heterocycles. The molecule has 2 aromatic rings. The average Bonchev–Trinajstić information content (AvgIpc) is 3.18. The number of carbonyl (C=O) groups is 1. The van der Waals surface area contributed by atoms with Gasteiger partial charge in [0.15, 0.2) is 9.84 Å². The summed E-state index contributed by atoms with van der Waals surface area (Å²) >= 11 is 0. The van der Waals surface area contributed by atoms with Crippen molar-refractivity contribution in [2.45, 2.75) is 31.3 Å². The van der Waals surface area contributed by atoms with Crippen molar-refractivity contribution < 1.29 is 17.7 Å². The number of likely N-dealkylation sites (tertiary alicyclic amines) is 1. The maximum atomic E-state index is 12.3. The Morgan fingerprint density at radius 1 is 1.17 bits per heavy atom. The van der Waals surface area contributed by atoms with Gasteiger partial charge in [-0.25, -0.2) is 8.42 Å². The van der Waals surface area contributed by atoms with Gasteiger partial charge in [0.25, 0.3) is 5.91 Å². The van der Waals surface area contributed by atoms with E-state index < -0.39 is 9.84 Å². The number of amides is 1. The third kappa shape index (κ3) is 4.03. The van der Waals surface area contributed by atoms with Crippen LogP contribution in [0.4, 0.5) is 0 Å². The molecule has 0 bridgehead atoms. The van der Waals surface area contributed by atoms with Crippen molar-refractivity contribution in [3.63, 3.8) is 0 Å². The highest BCUT2D eigenvalue weighted by Crippen LogP contribution is 2.16. The van der Waals surface area contributed by atoms with Crippen molar-refractivity contribution in [2.24, 2.45) is 0 Å². The summed E-state index contributed by atoms with van der Waals surface area (Å²) in [6.45, 7) is 3.32. The molecule has 1 aliphatic rings. The van der Waals surface area contributed by atoms with E-state index in [9.17, 15) is 13.2 Å². The number of benzene rings is 1. The minimum Gasteiger partial charge on any atom is -0.361 e. The van der Waals surface area contributed by atoms with Crippen LogP contribution in [0.2, 0.25) is 0 Å². The second-order valence-corrected chi connectivity index (χ2v) is 8.22. The summed E-state index contributed by atoms with van der Waals surface area (Å²) in [5.74, 6) is 0.362. The van der Waals surface area contributed by atoms with E-state index in [0.29, 0.717) is 22.6 Å². The predicted molar refractivity (Wildman–Crippen MR) is 89.1 cm³/mol. The van der Waals surface area contributed by atoms with Gasteiger partial charge in [-0.2, -0.15) is 0 Å². The van der Waals surface area contributed by atoms with Crippen LogP contribution in [0.5, 0.6) is 0 Å². The number of aryl methyl sites for hydroxylation is 1. The van der Waals surface area contributed by atoms with Crippen LogP contribution in [-0.2, 0) is 21.3 Å². The van der Waals surface area contributed by atoms with Crippen LogP contribution in [0.3, 0.4) is 0 Å². The molecule has 128 valence electrons. The molecule has 24 heavy (non-hydrogen) atoms. The number of hydrogen-bond donors (Lipinski definition) is 0. The number of nitrogens with zero attached hydrogens (tertiary/aromatic N) is 2. The first kappa shape index (κ1) is 16.7. The van der Waals surface area contributed by atoms with Crippen LogP contribution in [0.15, 0.2) is 34.9 Å². The summed E-state index contributed by atoms with van der Waals surface area (Å²) in [4.78, 5) is 14.1. The third-order valence-electron chi connectivity index (χ3n) is 4.03. The fourth-order valence-electron chi connectivity index (χ4n) is 2.86. The van der Waals surface area contributed by atoms with Crippen LogP contribution < -0.4 is 0 Å². The highest BCUT2D eigenvalue weighted by Gasteiger charge is 2.20. The van der Waals surface area contributed by atoms with Gasteiger partial charge in [0.1, 0.15) is 5.76 Å². The molecule has 2 heterocycles. The van der Waals surface area contributed by atoms with Gasteiger partial charge in [0.2, 0.25) is 0 Å². The van der Waals surface area contributed by atoms with E-state index in [2.05, 4.69) is 5.16 Å². The predicted octanol–water partition coefficient (Wildman–Crippen LogP) is 2.33. The molecule has 0 atom stereocenters. The summed E-state index contributed by atoms with van der Waals surface area (Å²) in [6, 6.07) is 8.43. The lowest BCUT2D eigenvalue weighted by Gasteiger charge is -2.15. The lowest BCUT2D eigenvalue weighted by molar-refractivity contribution is 0.0793. The van der Waals surface area contributed by atoms with E-state index >= 15 is 0 Å². The van der Waals surface area contributed by atoms with Crippen LogP contribution in [-0.4, -0.2) is 37.5 Å². The van der Waals surface area contributed by atoms with Crippen molar-refractivity contribution >= 4 is 15.7 Å². The summed E-state index contributed by atoms with van der Waals surface area (Å²) in [6.07, 6.45) is 2.09. The normalized spacial score (nSPS) is 15.0. The molecule has 1 fully saturated rings. The molecule has 0 unspecified atom stereocenters. The van der Waals surface area contributed by atoms with Gasteiger partial charge in [0, 0.05) is 24.7 Å². The maximum Gasteiger partial charge on any atom is 0.253 e. The number of hydrogen-bond acceptors (Lipinski definition) is 5. The van der Waals surface area contributed by atoms with Crippen LogP contribution in [0.25, 0.3) is 0 Å². The SMILES string of the molecule is Cc1cc(CS(=O)(=O)Cc2ccc(C(=O)N3CCCC3)cc2)no1. The maximum absolute atomic E-state index is 12.3. The summed E-state index contributed by atoms with van der Waals surface area (Å²) in [5.41, 5.74) is 1.67. The van der Waals surface area contributed by atoms with E-state index in [4.69, 9.17) is 4.52 Å². The molecule has 0 saturated carbocycles. The van der Waals surface area contributed by atoms with Gasteiger partial charge in [-0.15, -0.1) is 0 Å². The topological polar surface area (TPSA) is 80.5 Å². The standard InChI is InChI=1S/C17H20N2O4S/c1-13-10-16(18-23-13)12-24(21,22)11-14-4-6-15(7-5-14)17(20)19-8-2-3-9-19/h4-7,10H,2-3,8-9,11-12H2,1H3. The first-order valence-electron chi connectivity index (χ1n) is 7.94. The zero-order valence-electron chi connectivity index (χ0n) is 13.6. The van der Waals surface area contributed by atoms with Gasteiger partial charge in [0.05, 0.1) is 17.2 Å². The van der Waals surface area contributed by atoms with Crippen LogP contribution in [0.1, 0.15) is 40.2 Å². The Hall–Kier alpha value is -2.15. The Labute approximate surface area is 141 Å². The quantitative estimate of drug-likeness (QED) is 0.828. The molecule has 0 aliphatic carbocycles. The smallest absolute Gasteiger partial charge is 0.253 e. The largest absolute Gasteiger partial charge is 0.361 e. The number of carbonyl (C=O) groups excluding carboxylic acids is 1. The van der Waals surface area contributed by atoms with E-state index in [1.54, 1.807) is 37.3 Å². The third-order valence-corrected chi connectivity index (χ3v) is 5.53. The van der Waals surface area contributed by atoms with Crippen molar-refractivity contribution in [3.05, 3.63) is 52.9 Å². The Morgan fingerprint density at radius 3 is 2.42 bits per heavy atom. The Kier molecular flexibility index (Phi) is 4.71. The summed E-state index contributed by atoms with van der Waals surface area (Å²) in [5, 5.41) is 3.72. The van der Waals surface area contributed by atoms with Crippen LogP contribution >= 0.6 is 0 Å². The van der Waals surface area contributed by atoms with E-state index in [1.165, 1.54) is 0 Å². The molecule has 1 saturated heterocycles. The molecule has 1 amide bonds. The average molecular weight is 348 g/mol. The fraction of sp³-hybridized carbons (Fsp3) is 0.412. The molecular formula is C17H20N2O4S. The van der Waals surface area contributed by atoms with Gasteiger partial charge < -0.3 is 9.42 Å². The van der Waals surface area contributed by atoms with Crippen molar-refractivity contribution in [2.75, 3.05) is 13.1 Å². The second-order valence-electron chi connectivity index (χ2n) is 6.16. The first-order valence-corrected chi connectivity index (χ1v) is 9.76. The highest BCUT2D eigenvalue weighted by atomic mass is 32.2. The molecule has 1 aromatic carbocycles. The van der Waals surface area contributed by atoms with Gasteiger partial charge >= 0.3 is 0 Å². The zero-order chi connectivity index (χ0) is 17.2. The molecule has 0 radical (unpaired) electrons. The Balaban J connectivity index is 1.65. The minimum atomic E-state index is -3.34. The number of aromatic nitrogens is 1. The second kappa shape index (κ2) is 6.76. The molecule has 1 aliphatic heterocycles. The molecular weight excluding hydrogens is 328 g/mol. The number of sulfone groups is 1. The van der Waals surface area contributed by atoms with E-state index in [1.807, 2.05) is 4.90 Å². The van der Waals surface area contributed by atoms with Crippen molar-refractivity contribution in [1.82, 2.24) is 10.1 Å². The van der Waals surface area contributed by atoms with Crippen molar-refractivity contribution in [1.29, 1.82) is 0 Å². The Bertz CT molecular complexity index is 819. The first-order chi connectivity index (χ1) is 11.4. The van der Waals surface area contributed by atoms with E-state index in [0.717, 1.165) is 25.9 Å². The van der Waals surface area contributed by atoms with Crippen molar-refractivity contribution in [3.8, 4) is 0 Å². The monoisotopic (exact) mass is 348 g/mol. The number of rotatable bonds is 5. The molecule has 0 N–H and O–H groups in total. The van der Waals surface area contributed by atoms with Crippen LogP contribution in [0, 0.1) is 6.92 Å². The Morgan fingerprint density at radius 2 is 1.83 bits per heavy atom. The molecule has 7 heteroatoms. The van der Waals surface area contributed by atoms with Gasteiger partial charge in [-0.1, -0.05) is 17.3 Å². The lowest BCUT2D eigenvalue weighted by Crippen LogP contribution is -2.27.